The molecule has 4 N–H and O–H groups in total. The minimum absolute atomic E-state index is 0.0640. The van der Waals surface area contributed by atoms with Crippen LogP contribution in [0, 0.1) is 0 Å². The lowest BCUT2D eigenvalue weighted by Crippen LogP contribution is -2.26. The first-order valence-electron chi connectivity index (χ1n) is 6.14. The highest BCUT2D eigenvalue weighted by Crippen LogP contribution is 2.21. The van der Waals surface area contributed by atoms with Crippen molar-refractivity contribution in [2.45, 2.75) is 13.5 Å². The highest BCUT2D eigenvalue weighted by atomic mass is 16.5. The predicted octanol–water partition coefficient (Wildman–Crippen LogP) is 0.604. The Bertz CT molecular complexity index is 435. The van der Waals surface area contributed by atoms with Crippen molar-refractivity contribution in [2.75, 3.05) is 26.8 Å². The fourth-order valence-electron chi connectivity index (χ4n) is 1.85. The van der Waals surface area contributed by atoms with E-state index in [1.165, 1.54) is 0 Å². The zero-order chi connectivity index (χ0) is 14.3. The molecule has 0 aliphatic rings. The lowest BCUT2D eigenvalue weighted by atomic mass is 10.1. The van der Waals surface area contributed by atoms with Gasteiger partial charge in [0.1, 0.15) is 5.75 Å². The average molecular weight is 267 g/mol. The van der Waals surface area contributed by atoms with E-state index in [0.717, 1.165) is 17.9 Å². The molecule has 106 valence electrons. The van der Waals surface area contributed by atoms with E-state index >= 15 is 0 Å². The third kappa shape index (κ3) is 4.11. The molecule has 6 nitrogen and oxygen atoms in total. The number of aliphatic hydroxyl groups is 1. The Labute approximate surface area is 113 Å². The summed E-state index contributed by atoms with van der Waals surface area (Å²) in [4.78, 5) is 2.08. The van der Waals surface area contributed by atoms with Crippen LogP contribution < -0.4 is 10.5 Å². The molecule has 0 aromatic heterocycles. The smallest absolute Gasteiger partial charge is 0.170 e. The second kappa shape index (κ2) is 7.60. The van der Waals surface area contributed by atoms with Gasteiger partial charge in [-0.1, -0.05) is 12.1 Å². The summed E-state index contributed by atoms with van der Waals surface area (Å²) in [5.74, 6) is 0.806. The Morgan fingerprint density at radius 1 is 1.47 bits per heavy atom. The van der Waals surface area contributed by atoms with Crippen LogP contribution in [-0.4, -0.2) is 47.9 Å². The Hall–Kier alpha value is -1.79. The highest BCUT2D eigenvalue weighted by Gasteiger charge is 2.10. The summed E-state index contributed by atoms with van der Waals surface area (Å²) in [7, 11) is 1.60. The monoisotopic (exact) mass is 267 g/mol. The van der Waals surface area contributed by atoms with Crippen molar-refractivity contribution < 1.29 is 15.1 Å². The summed E-state index contributed by atoms with van der Waals surface area (Å²) in [5.41, 5.74) is 7.15. The maximum absolute atomic E-state index is 9.01. The van der Waals surface area contributed by atoms with Gasteiger partial charge in [0, 0.05) is 24.2 Å². The van der Waals surface area contributed by atoms with Crippen LogP contribution in [0.3, 0.4) is 0 Å². The predicted molar refractivity (Wildman–Crippen MR) is 73.5 cm³/mol. The molecule has 0 unspecified atom stereocenters. The minimum Gasteiger partial charge on any atom is -0.496 e. The largest absolute Gasteiger partial charge is 0.496 e. The van der Waals surface area contributed by atoms with Gasteiger partial charge in [0.25, 0.3) is 0 Å². The third-order valence-corrected chi connectivity index (χ3v) is 2.94. The molecule has 0 amide bonds. The van der Waals surface area contributed by atoms with Crippen LogP contribution in [0.2, 0.25) is 0 Å². The molecule has 0 saturated carbocycles. The lowest BCUT2D eigenvalue weighted by Gasteiger charge is -2.21. The highest BCUT2D eigenvalue weighted by molar-refractivity contribution is 5.97. The quantitative estimate of drug-likeness (QED) is 0.291. The van der Waals surface area contributed by atoms with Gasteiger partial charge >= 0.3 is 0 Å². The van der Waals surface area contributed by atoms with Crippen molar-refractivity contribution in [1.82, 2.24) is 4.90 Å². The number of hydrogen-bond acceptors (Lipinski definition) is 5. The SMILES string of the molecule is CCN(CCO)Cc1cc(/C(N)=N/O)ccc1OC. The number of oxime groups is 1. The van der Waals surface area contributed by atoms with E-state index in [0.29, 0.717) is 18.7 Å². The molecule has 0 saturated heterocycles. The molecule has 1 aromatic rings. The Balaban J connectivity index is 3.01. The molecule has 0 aliphatic carbocycles. The second-order valence-electron chi connectivity index (χ2n) is 4.10. The summed E-state index contributed by atoms with van der Waals surface area (Å²) in [6.45, 7) is 4.17. The first-order chi connectivity index (χ1) is 9.15. The number of nitrogens with two attached hydrogens (primary N) is 1. The Kier molecular flexibility index (Phi) is 6.11. The first kappa shape index (κ1) is 15.3. The molecule has 19 heavy (non-hydrogen) atoms. The molecule has 0 bridgehead atoms. The Morgan fingerprint density at radius 2 is 2.21 bits per heavy atom. The number of amidine groups is 1. The molecule has 1 aromatic carbocycles. The number of methoxy groups -OCH3 is 1. The van der Waals surface area contributed by atoms with Crippen LogP contribution in [0.1, 0.15) is 18.1 Å². The molecule has 0 radical (unpaired) electrons. The number of benzene rings is 1. The normalized spacial score (nSPS) is 11.9. The molecule has 6 heteroatoms. The zero-order valence-corrected chi connectivity index (χ0v) is 11.3. The molecular weight excluding hydrogens is 246 g/mol. The molecule has 1 rings (SSSR count). The number of ether oxygens (including phenoxy) is 1. The molecule has 0 aliphatic heterocycles. The van der Waals surface area contributed by atoms with Gasteiger partial charge in [-0.05, 0) is 24.7 Å². The molecular formula is C13H21N3O3. The van der Waals surface area contributed by atoms with Gasteiger partial charge in [0.15, 0.2) is 5.84 Å². The van der Waals surface area contributed by atoms with E-state index in [9.17, 15) is 0 Å². The van der Waals surface area contributed by atoms with E-state index in [4.69, 9.17) is 20.8 Å². The minimum atomic E-state index is 0.0640. The molecule has 0 atom stereocenters. The average Bonchev–Trinajstić information content (AvgIpc) is 2.45. The fourth-order valence-corrected chi connectivity index (χ4v) is 1.85. The first-order valence-corrected chi connectivity index (χ1v) is 6.14. The van der Waals surface area contributed by atoms with Crippen molar-refractivity contribution in [3.8, 4) is 5.75 Å². The van der Waals surface area contributed by atoms with Crippen LogP contribution in [0.25, 0.3) is 0 Å². The van der Waals surface area contributed by atoms with E-state index in [2.05, 4.69) is 10.1 Å². The number of aliphatic hydroxyl groups excluding tert-OH is 1. The number of hydrogen-bond donors (Lipinski definition) is 3. The van der Waals surface area contributed by atoms with Crippen LogP contribution >= 0.6 is 0 Å². The van der Waals surface area contributed by atoms with Gasteiger partial charge in [0.05, 0.1) is 13.7 Å². The van der Waals surface area contributed by atoms with Gasteiger partial charge in [0.2, 0.25) is 0 Å². The van der Waals surface area contributed by atoms with E-state index in [-0.39, 0.29) is 12.4 Å². The topological polar surface area (TPSA) is 91.3 Å². The van der Waals surface area contributed by atoms with E-state index < -0.39 is 0 Å². The van der Waals surface area contributed by atoms with Crippen molar-refractivity contribution in [1.29, 1.82) is 0 Å². The zero-order valence-electron chi connectivity index (χ0n) is 11.3. The molecule has 0 spiro atoms. The number of rotatable bonds is 7. The van der Waals surface area contributed by atoms with Crippen molar-refractivity contribution in [2.24, 2.45) is 10.9 Å². The van der Waals surface area contributed by atoms with Crippen molar-refractivity contribution >= 4 is 5.84 Å². The summed E-state index contributed by atoms with van der Waals surface area (Å²) in [6.07, 6.45) is 0. The summed E-state index contributed by atoms with van der Waals surface area (Å²) >= 11 is 0. The van der Waals surface area contributed by atoms with Gasteiger partial charge in [-0.3, -0.25) is 4.90 Å². The lowest BCUT2D eigenvalue weighted by molar-refractivity contribution is 0.195. The fraction of sp³-hybridized carbons (Fsp3) is 0.462. The number of likely N-dealkylation sites (N-methyl/N-ethyl adjacent to an activating group) is 1. The third-order valence-electron chi connectivity index (χ3n) is 2.94. The standard InChI is InChI=1S/C13H21N3O3/c1-3-16(6-7-17)9-11-8-10(13(14)15-18)4-5-12(11)19-2/h4-5,8,17-18H,3,6-7,9H2,1-2H3,(H2,14,15). The summed E-state index contributed by atoms with van der Waals surface area (Å²) < 4.78 is 5.30. The van der Waals surface area contributed by atoms with Gasteiger partial charge in [-0.25, -0.2) is 0 Å². The van der Waals surface area contributed by atoms with E-state index in [1.807, 2.05) is 13.0 Å². The van der Waals surface area contributed by atoms with Crippen LogP contribution in [0.5, 0.6) is 5.75 Å². The van der Waals surface area contributed by atoms with Gasteiger partial charge in [-0.2, -0.15) is 0 Å². The van der Waals surface area contributed by atoms with E-state index in [1.54, 1.807) is 19.2 Å². The number of nitrogens with zero attached hydrogens (tertiary/aromatic N) is 2. The second-order valence-corrected chi connectivity index (χ2v) is 4.10. The van der Waals surface area contributed by atoms with Crippen LogP contribution in [0.4, 0.5) is 0 Å². The molecule has 0 fully saturated rings. The summed E-state index contributed by atoms with van der Waals surface area (Å²) in [5, 5.41) is 20.7. The maximum atomic E-state index is 9.01. The van der Waals surface area contributed by atoms with Crippen LogP contribution in [-0.2, 0) is 6.54 Å². The molecule has 0 heterocycles. The maximum Gasteiger partial charge on any atom is 0.170 e. The van der Waals surface area contributed by atoms with Crippen molar-refractivity contribution in [3.63, 3.8) is 0 Å². The van der Waals surface area contributed by atoms with Crippen LogP contribution in [0.15, 0.2) is 23.4 Å². The van der Waals surface area contributed by atoms with Crippen molar-refractivity contribution in [3.05, 3.63) is 29.3 Å². The van der Waals surface area contributed by atoms with Gasteiger partial charge < -0.3 is 20.8 Å². The van der Waals surface area contributed by atoms with Gasteiger partial charge in [-0.15, -0.1) is 0 Å². The summed E-state index contributed by atoms with van der Waals surface area (Å²) in [6, 6.07) is 5.35. The Morgan fingerprint density at radius 3 is 2.74 bits per heavy atom.